The van der Waals surface area contributed by atoms with E-state index in [2.05, 4.69) is 44.4 Å². The van der Waals surface area contributed by atoms with E-state index in [9.17, 15) is 4.79 Å². The number of ether oxygens (including phenoxy) is 1. The molecule has 1 fully saturated rings. The molecule has 31 heavy (non-hydrogen) atoms. The van der Waals surface area contributed by atoms with E-state index < -0.39 is 0 Å². The van der Waals surface area contributed by atoms with Crippen molar-refractivity contribution in [2.75, 3.05) is 32.1 Å². The molecule has 2 bridgehead atoms. The Morgan fingerprint density at radius 1 is 1.26 bits per heavy atom. The van der Waals surface area contributed by atoms with Gasteiger partial charge in [0, 0.05) is 31.2 Å². The number of rotatable bonds is 1. The second kappa shape index (κ2) is 8.07. The molecule has 160 valence electrons. The molecule has 5 rings (SSSR count). The number of likely N-dealkylation sites (tertiary alicyclic amines) is 1. The summed E-state index contributed by atoms with van der Waals surface area (Å²) in [5.74, 6) is 1.59. The number of likely N-dealkylation sites (N-methyl/N-ethyl adjacent to an activating group) is 1. The van der Waals surface area contributed by atoms with Gasteiger partial charge in [-0.15, -0.1) is 10.2 Å². The molecule has 1 amide bonds. The Balaban J connectivity index is 1.51. The molecule has 5 heterocycles. The van der Waals surface area contributed by atoms with E-state index in [0.717, 1.165) is 31.5 Å². The van der Waals surface area contributed by atoms with E-state index in [4.69, 9.17) is 4.74 Å². The normalized spacial score (nSPS) is 19.9. The first-order valence-corrected chi connectivity index (χ1v) is 10.6. The second-order valence-corrected chi connectivity index (χ2v) is 8.30. The average molecular weight is 419 g/mol. The lowest BCUT2D eigenvalue weighted by molar-refractivity contribution is 0.102. The smallest absolute Gasteiger partial charge is 0.262 e. The predicted octanol–water partition coefficient (Wildman–Crippen LogP) is 2.75. The fourth-order valence-electron chi connectivity index (χ4n) is 4.13. The SMILES string of the molecule is C[C@H]1CCCOc2ncc(C3CN(C)C3)cc2C(=O)Nc2cccc(n2)-c2nncn21. The zero-order chi connectivity index (χ0) is 21.4. The van der Waals surface area contributed by atoms with Crippen LogP contribution in [0.15, 0.2) is 36.8 Å². The summed E-state index contributed by atoms with van der Waals surface area (Å²) < 4.78 is 7.95. The number of fused-ring (bicyclic) bond motifs is 5. The number of pyridine rings is 2. The largest absolute Gasteiger partial charge is 0.477 e. The van der Waals surface area contributed by atoms with Gasteiger partial charge in [-0.25, -0.2) is 9.97 Å². The van der Waals surface area contributed by atoms with Crippen molar-refractivity contribution in [2.24, 2.45) is 0 Å². The standard InChI is InChI=1S/C22H25N7O2/c1-14-5-4-8-31-22-17(9-15(10-23-22)16-11-28(2)12-16)21(30)26-19-7-3-6-18(25-19)20-27-24-13-29(14)20/h3,6-7,9-10,13-14,16H,4-5,8,11-12H2,1-2H3,(H,25,26,30)/t14-/m0/s1. The van der Waals surface area contributed by atoms with Gasteiger partial charge in [-0.05, 0) is 50.6 Å². The summed E-state index contributed by atoms with van der Waals surface area (Å²) in [5.41, 5.74) is 2.16. The van der Waals surface area contributed by atoms with Crippen molar-refractivity contribution in [1.82, 2.24) is 29.6 Å². The highest BCUT2D eigenvalue weighted by atomic mass is 16.5. The monoisotopic (exact) mass is 419 g/mol. The minimum absolute atomic E-state index is 0.182. The first kappa shape index (κ1) is 19.6. The lowest BCUT2D eigenvalue weighted by Crippen LogP contribution is -2.41. The van der Waals surface area contributed by atoms with Crippen molar-refractivity contribution < 1.29 is 9.53 Å². The Labute approximate surface area is 180 Å². The molecule has 3 aromatic heterocycles. The van der Waals surface area contributed by atoms with Crippen molar-refractivity contribution in [2.45, 2.75) is 31.7 Å². The number of carbonyl (C=O) groups excluding carboxylic acids is 1. The maximum Gasteiger partial charge on any atom is 0.262 e. The average Bonchev–Trinajstić information content (AvgIpc) is 3.24. The van der Waals surface area contributed by atoms with Gasteiger partial charge in [0.1, 0.15) is 23.4 Å². The summed E-state index contributed by atoms with van der Waals surface area (Å²) in [7, 11) is 2.08. The fraction of sp³-hybridized carbons (Fsp3) is 0.409. The highest BCUT2D eigenvalue weighted by Crippen LogP contribution is 2.29. The van der Waals surface area contributed by atoms with E-state index in [1.54, 1.807) is 12.4 Å². The quantitative estimate of drug-likeness (QED) is 0.648. The maximum atomic E-state index is 13.2. The van der Waals surface area contributed by atoms with Crippen molar-refractivity contribution in [3.8, 4) is 17.4 Å². The van der Waals surface area contributed by atoms with Gasteiger partial charge in [0.05, 0.1) is 6.61 Å². The predicted molar refractivity (Wildman–Crippen MR) is 115 cm³/mol. The van der Waals surface area contributed by atoms with Crippen molar-refractivity contribution >= 4 is 11.7 Å². The van der Waals surface area contributed by atoms with E-state index in [1.807, 2.05) is 29.0 Å². The molecule has 0 aromatic carbocycles. The number of anilines is 1. The third-order valence-corrected chi connectivity index (χ3v) is 5.93. The number of amides is 1. The third-order valence-electron chi connectivity index (χ3n) is 5.93. The number of hydrogen-bond donors (Lipinski definition) is 1. The molecule has 2 aliphatic heterocycles. The minimum Gasteiger partial charge on any atom is -0.477 e. The summed E-state index contributed by atoms with van der Waals surface area (Å²) in [5, 5.41) is 11.2. The molecule has 0 radical (unpaired) electrons. The van der Waals surface area contributed by atoms with Crippen LogP contribution in [0.1, 0.15) is 47.6 Å². The fourth-order valence-corrected chi connectivity index (χ4v) is 4.13. The molecule has 9 heteroatoms. The molecule has 2 aliphatic rings. The molecule has 1 saturated heterocycles. The Morgan fingerprint density at radius 2 is 2.13 bits per heavy atom. The molecule has 9 nitrogen and oxygen atoms in total. The minimum atomic E-state index is -0.284. The number of carbonyl (C=O) groups is 1. The van der Waals surface area contributed by atoms with Crippen LogP contribution in [0.3, 0.4) is 0 Å². The molecule has 3 aromatic rings. The number of nitrogens with one attached hydrogen (secondary N) is 1. The molecule has 0 unspecified atom stereocenters. The lowest BCUT2D eigenvalue weighted by atomic mass is 9.92. The van der Waals surface area contributed by atoms with Gasteiger partial charge in [0.25, 0.3) is 5.91 Å². The van der Waals surface area contributed by atoms with Gasteiger partial charge in [0.2, 0.25) is 5.88 Å². The molecule has 1 atom stereocenters. The van der Waals surface area contributed by atoms with Gasteiger partial charge in [0.15, 0.2) is 5.82 Å². The van der Waals surface area contributed by atoms with Crippen LogP contribution in [0.2, 0.25) is 0 Å². The van der Waals surface area contributed by atoms with Crippen molar-refractivity contribution in [3.05, 3.63) is 47.9 Å². The number of hydrogen-bond acceptors (Lipinski definition) is 7. The van der Waals surface area contributed by atoms with Crippen LogP contribution in [-0.2, 0) is 0 Å². The van der Waals surface area contributed by atoms with Gasteiger partial charge < -0.3 is 19.5 Å². The maximum absolute atomic E-state index is 13.2. The van der Waals surface area contributed by atoms with Crippen LogP contribution < -0.4 is 10.1 Å². The summed E-state index contributed by atoms with van der Waals surface area (Å²) in [4.78, 5) is 24.5. The third kappa shape index (κ3) is 3.88. The molecule has 1 N–H and O–H groups in total. The molecular formula is C22H25N7O2. The van der Waals surface area contributed by atoms with Gasteiger partial charge >= 0.3 is 0 Å². The highest BCUT2D eigenvalue weighted by molar-refractivity contribution is 6.05. The van der Waals surface area contributed by atoms with Crippen LogP contribution in [0.5, 0.6) is 5.88 Å². The van der Waals surface area contributed by atoms with Crippen molar-refractivity contribution in [3.63, 3.8) is 0 Å². The van der Waals surface area contributed by atoms with Gasteiger partial charge in [-0.1, -0.05) is 6.07 Å². The van der Waals surface area contributed by atoms with Gasteiger partial charge in [-0.2, -0.15) is 0 Å². The second-order valence-electron chi connectivity index (χ2n) is 8.30. The first-order valence-electron chi connectivity index (χ1n) is 10.6. The Bertz CT molecular complexity index is 1110. The highest BCUT2D eigenvalue weighted by Gasteiger charge is 2.27. The molecule has 0 spiro atoms. The van der Waals surface area contributed by atoms with E-state index >= 15 is 0 Å². The van der Waals surface area contributed by atoms with E-state index in [1.165, 1.54) is 0 Å². The Kier molecular flexibility index (Phi) is 5.11. The van der Waals surface area contributed by atoms with E-state index in [-0.39, 0.29) is 11.9 Å². The summed E-state index contributed by atoms with van der Waals surface area (Å²) in [6, 6.07) is 7.57. The summed E-state index contributed by atoms with van der Waals surface area (Å²) >= 11 is 0. The first-order chi connectivity index (χ1) is 15.1. The Morgan fingerprint density at radius 3 is 2.97 bits per heavy atom. The topological polar surface area (TPSA) is 98.1 Å². The van der Waals surface area contributed by atoms with Crippen LogP contribution in [-0.4, -0.2) is 62.3 Å². The number of nitrogens with zero attached hydrogens (tertiary/aromatic N) is 6. The number of aromatic nitrogens is 5. The molecule has 0 saturated carbocycles. The summed E-state index contributed by atoms with van der Waals surface area (Å²) in [6.07, 6.45) is 5.23. The van der Waals surface area contributed by atoms with Crippen LogP contribution >= 0.6 is 0 Å². The molecule has 0 aliphatic carbocycles. The lowest BCUT2D eigenvalue weighted by Gasteiger charge is -2.36. The molecular weight excluding hydrogens is 394 g/mol. The van der Waals surface area contributed by atoms with E-state index in [0.29, 0.717) is 41.3 Å². The van der Waals surface area contributed by atoms with Crippen LogP contribution in [0, 0.1) is 0 Å². The van der Waals surface area contributed by atoms with Crippen LogP contribution in [0.4, 0.5) is 5.82 Å². The van der Waals surface area contributed by atoms with Crippen LogP contribution in [0.25, 0.3) is 11.5 Å². The summed E-state index contributed by atoms with van der Waals surface area (Å²) in [6.45, 7) is 4.53. The zero-order valence-corrected chi connectivity index (χ0v) is 17.7. The zero-order valence-electron chi connectivity index (χ0n) is 17.7. The van der Waals surface area contributed by atoms with Gasteiger partial charge in [-0.3, -0.25) is 4.79 Å². The van der Waals surface area contributed by atoms with Crippen molar-refractivity contribution in [1.29, 1.82) is 0 Å². The Hall–Kier alpha value is -3.33.